The summed E-state index contributed by atoms with van der Waals surface area (Å²) in [7, 11) is 2.95. The van der Waals surface area contributed by atoms with Crippen LogP contribution in [0.2, 0.25) is 0 Å². The predicted octanol–water partition coefficient (Wildman–Crippen LogP) is 4.72. The van der Waals surface area contributed by atoms with Crippen LogP contribution in [0, 0.1) is 10.1 Å². The molecule has 0 heterocycles. The summed E-state index contributed by atoms with van der Waals surface area (Å²) in [5.41, 5.74) is 3.67. The molecular formula is C22H18N4O7. The summed E-state index contributed by atoms with van der Waals surface area (Å²) in [6.45, 7) is 0. The highest BCUT2D eigenvalue weighted by atomic mass is 16.7. The standard InChI is InChI=1S/C22H18N4O7/c1-31-19-12-5-15(13-20(19)32-2)22(28)33-25-17-8-6-16(7-9-17)23-24-21(27)14-3-10-18(11-4-14)26(29)30/h3-13,25H,1-2H3. The van der Waals surface area contributed by atoms with Gasteiger partial charge in [-0.3, -0.25) is 14.9 Å². The molecule has 0 aliphatic carbocycles. The van der Waals surface area contributed by atoms with Crippen molar-refractivity contribution in [2.45, 2.75) is 0 Å². The molecule has 11 nitrogen and oxygen atoms in total. The average Bonchev–Trinajstić information content (AvgIpc) is 2.85. The smallest absolute Gasteiger partial charge is 0.362 e. The van der Waals surface area contributed by atoms with E-state index in [1.54, 1.807) is 30.3 Å². The zero-order valence-corrected chi connectivity index (χ0v) is 17.6. The highest BCUT2D eigenvalue weighted by Gasteiger charge is 2.13. The van der Waals surface area contributed by atoms with Gasteiger partial charge in [-0.15, -0.1) is 10.2 Å². The van der Waals surface area contributed by atoms with E-state index < -0.39 is 16.8 Å². The zero-order chi connectivity index (χ0) is 23.8. The van der Waals surface area contributed by atoms with Crippen LogP contribution in [-0.4, -0.2) is 31.0 Å². The third-order valence-corrected chi connectivity index (χ3v) is 4.33. The van der Waals surface area contributed by atoms with Crippen LogP contribution in [-0.2, 0) is 4.84 Å². The molecular weight excluding hydrogens is 432 g/mol. The van der Waals surface area contributed by atoms with Crippen molar-refractivity contribution in [1.29, 1.82) is 0 Å². The Kier molecular flexibility index (Phi) is 7.27. The van der Waals surface area contributed by atoms with Gasteiger partial charge >= 0.3 is 5.97 Å². The molecule has 0 spiro atoms. The summed E-state index contributed by atoms with van der Waals surface area (Å²) < 4.78 is 10.3. The van der Waals surface area contributed by atoms with E-state index in [4.69, 9.17) is 14.3 Å². The maximum absolute atomic E-state index is 12.2. The van der Waals surface area contributed by atoms with Gasteiger partial charge in [0.2, 0.25) is 0 Å². The lowest BCUT2D eigenvalue weighted by molar-refractivity contribution is -0.384. The Morgan fingerprint density at radius 2 is 1.52 bits per heavy atom. The summed E-state index contributed by atoms with van der Waals surface area (Å²) in [4.78, 5) is 39.5. The maximum Gasteiger partial charge on any atom is 0.362 e. The van der Waals surface area contributed by atoms with E-state index in [9.17, 15) is 19.7 Å². The molecule has 0 bridgehead atoms. The van der Waals surface area contributed by atoms with Gasteiger partial charge in [-0.1, -0.05) is 0 Å². The number of hydrogen-bond acceptors (Lipinski definition) is 9. The second-order valence-electron chi connectivity index (χ2n) is 6.42. The first kappa shape index (κ1) is 22.9. The number of rotatable bonds is 8. The number of carbonyl (C=O) groups excluding carboxylic acids is 2. The maximum atomic E-state index is 12.2. The van der Waals surface area contributed by atoms with Crippen molar-refractivity contribution in [3.05, 3.63) is 88.0 Å². The molecule has 11 heteroatoms. The van der Waals surface area contributed by atoms with Gasteiger partial charge in [0.25, 0.3) is 11.6 Å². The summed E-state index contributed by atoms with van der Waals surface area (Å²) >= 11 is 0. The number of nitrogens with zero attached hydrogens (tertiary/aromatic N) is 3. The molecule has 3 aromatic rings. The molecule has 33 heavy (non-hydrogen) atoms. The quantitative estimate of drug-likeness (QED) is 0.295. The number of ether oxygens (including phenoxy) is 2. The minimum atomic E-state index is -0.643. The van der Waals surface area contributed by atoms with Crippen molar-refractivity contribution >= 4 is 28.9 Å². The number of nitro groups is 1. The van der Waals surface area contributed by atoms with Crippen LogP contribution in [0.1, 0.15) is 20.7 Å². The van der Waals surface area contributed by atoms with Crippen LogP contribution in [0.15, 0.2) is 77.0 Å². The molecule has 0 unspecified atom stereocenters. The number of non-ortho nitro benzene ring substituents is 1. The number of nitro benzene ring substituents is 1. The third kappa shape index (κ3) is 5.88. The average molecular weight is 450 g/mol. The fourth-order valence-electron chi connectivity index (χ4n) is 2.61. The number of nitrogens with one attached hydrogen (secondary N) is 1. The Morgan fingerprint density at radius 1 is 0.879 bits per heavy atom. The molecule has 1 N–H and O–H groups in total. The zero-order valence-electron chi connectivity index (χ0n) is 17.6. The largest absolute Gasteiger partial charge is 0.493 e. The first-order valence-corrected chi connectivity index (χ1v) is 9.41. The highest BCUT2D eigenvalue weighted by molar-refractivity contribution is 5.94. The van der Waals surface area contributed by atoms with Crippen LogP contribution in [0.5, 0.6) is 11.5 Å². The van der Waals surface area contributed by atoms with Crippen molar-refractivity contribution in [3.63, 3.8) is 0 Å². The van der Waals surface area contributed by atoms with Crippen molar-refractivity contribution in [2.24, 2.45) is 10.2 Å². The van der Waals surface area contributed by atoms with Crippen molar-refractivity contribution in [3.8, 4) is 11.5 Å². The number of carbonyl (C=O) groups is 2. The van der Waals surface area contributed by atoms with Crippen LogP contribution < -0.4 is 15.0 Å². The van der Waals surface area contributed by atoms with E-state index in [1.165, 1.54) is 50.6 Å². The molecule has 3 aromatic carbocycles. The van der Waals surface area contributed by atoms with Crippen molar-refractivity contribution < 1.29 is 28.8 Å². The molecule has 168 valence electrons. The number of benzene rings is 3. The molecule has 0 saturated heterocycles. The SMILES string of the molecule is COc1ccc(C(=O)ONc2ccc(N=NC(=O)c3ccc([N+](=O)[O-])cc3)cc2)cc1OC. The van der Waals surface area contributed by atoms with Gasteiger partial charge in [0.1, 0.15) is 0 Å². The summed E-state index contributed by atoms with van der Waals surface area (Å²) in [5, 5.41) is 18.1. The van der Waals surface area contributed by atoms with Crippen LogP contribution in [0.4, 0.5) is 17.1 Å². The Hall–Kier alpha value is -4.80. The van der Waals surface area contributed by atoms with Gasteiger partial charge in [0.05, 0.1) is 36.1 Å². The van der Waals surface area contributed by atoms with Gasteiger partial charge in [-0.2, -0.15) is 0 Å². The molecule has 0 atom stereocenters. The second kappa shape index (κ2) is 10.5. The minimum absolute atomic E-state index is 0.126. The minimum Gasteiger partial charge on any atom is -0.493 e. The summed E-state index contributed by atoms with van der Waals surface area (Å²) in [5.74, 6) is -0.395. The third-order valence-electron chi connectivity index (χ3n) is 4.33. The molecule has 0 saturated carbocycles. The lowest BCUT2D eigenvalue weighted by Gasteiger charge is -2.10. The Morgan fingerprint density at radius 3 is 2.12 bits per heavy atom. The Bertz CT molecular complexity index is 1190. The van der Waals surface area contributed by atoms with Gasteiger partial charge < -0.3 is 14.3 Å². The number of azo groups is 1. The van der Waals surface area contributed by atoms with E-state index in [2.05, 4.69) is 15.7 Å². The Labute approximate surface area is 187 Å². The van der Waals surface area contributed by atoms with Crippen LogP contribution >= 0.6 is 0 Å². The number of hydrogen-bond donors (Lipinski definition) is 1. The first-order valence-electron chi connectivity index (χ1n) is 9.41. The van der Waals surface area contributed by atoms with E-state index in [0.29, 0.717) is 22.9 Å². The molecule has 0 aliphatic heterocycles. The van der Waals surface area contributed by atoms with Gasteiger partial charge in [-0.05, 0) is 54.6 Å². The summed E-state index contributed by atoms with van der Waals surface area (Å²) in [6, 6.07) is 15.9. The van der Waals surface area contributed by atoms with E-state index >= 15 is 0 Å². The fourth-order valence-corrected chi connectivity index (χ4v) is 2.61. The molecule has 3 rings (SSSR count). The van der Waals surface area contributed by atoms with Gasteiger partial charge in [0, 0.05) is 17.7 Å². The van der Waals surface area contributed by atoms with E-state index in [0.717, 1.165) is 0 Å². The monoisotopic (exact) mass is 450 g/mol. The lowest BCUT2D eigenvalue weighted by atomic mass is 10.2. The number of amides is 1. The molecule has 0 aromatic heterocycles. The molecule has 0 aliphatic rings. The van der Waals surface area contributed by atoms with Gasteiger partial charge in [0.15, 0.2) is 11.5 Å². The summed E-state index contributed by atoms with van der Waals surface area (Å²) in [6.07, 6.45) is 0. The van der Waals surface area contributed by atoms with Crippen molar-refractivity contribution in [1.82, 2.24) is 0 Å². The van der Waals surface area contributed by atoms with Gasteiger partial charge in [-0.25, -0.2) is 10.3 Å². The number of anilines is 1. The number of methoxy groups -OCH3 is 2. The fraction of sp³-hybridized carbons (Fsp3) is 0.0909. The van der Waals surface area contributed by atoms with Crippen LogP contribution in [0.25, 0.3) is 0 Å². The highest BCUT2D eigenvalue weighted by Crippen LogP contribution is 2.28. The van der Waals surface area contributed by atoms with Crippen LogP contribution in [0.3, 0.4) is 0 Å². The Balaban J connectivity index is 1.57. The van der Waals surface area contributed by atoms with E-state index in [1.807, 2.05) is 0 Å². The second-order valence-corrected chi connectivity index (χ2v) is 6.42. The molecule has 0 fully saturated rings. The predicted molar refractivity (Wildman–Crippen MR) is 117 cm³/mol. The molecule has 0 radical (unpaired) electrons. The normalized spacial score (nSPS) is 10.5. The van der Waals surface area contributed by atoms with E-state index in [-0.39, 0.29) is 16.8 Å². The topological polar surface area (TPSA) is 142 Å². The lowest BCUT2D eigenvalue weighted by Crippen LogP contribution is -2.11. The van der Waals surface area contributed by atoms with Crippen molar-refractivity contribution in [2.75, 3.05) is 19.7 Å². The molecule has 1 amide bonds. The first-order chi connectivity index (χ1) is 15.9.